The molecule has 2 aromatic carbocycles. The molecule has 8 nitrogen and oxygen atoms in total. The minimum atomic E-state index is -0.324. The molecule has 0 unspecified atom stereocenters. The average molecular weight is 465 g/mol. The van der Waals surface area contributed by atoms with Crippen molar-refractivity contribution in [3.05, 3.63) is 54.7 Å². The number of benzene rings is 2. The number of ether oxygens (including phenoxy) is 2. The molecule has 8 heteroatoms. The Bertz CT molecular complexity index is 1140. The molecule has 34 heavy (non-hydrogen) atoms. The third-order valence-electron chi connectivity index (χ3n) is 5.39. The van der Waals surface area contributed by atoms with E-state index in [1.54, 1.807) is 29.8 Å². The van der Waals surface area contributed by atoms with Gasteiger partial charge < -0.3 is 14.4 Å². The van der Waals surface area contributed by atoms with E-state index in [0.717, 1.165) is 11.3 Å². The molecule has 180 valence electrons. The second kappa shape index (κ2) is 10.9. The quantitative estimate of drug-likeness (QED) is 0.508. The molecule has 0 fully saturated rings. The van der Waals surface area contributed by atoms with E-state index in [9.17, 15) is 9.59 Å². The van der Waals surface area contributed by atoms with Gasteiger partial charge in [0.05, 0.1) is 25.6 Å². The maximum Gasteiger partial charge on any atom is 0.246 e. The van der Waals surface area contributed by atoms with Crippen molar-refractivity contribution in [1.82, 2.24) is 14.5 Å². The summed E-state index contributed by atoms with van der Waals surface area (Å²) in [4.78, 5) is 31.8. The van der Waals surface area contributed by atoms with Gasteiger partial charge in [-0.15, -0.1) is 0 Å². The fraction of sp³-hybridized carbons (Fsp3) is 0.346. The Morgan fingerprint density at radius 3 is 2.26 bits per heavy atom. The molecule has 1 heterocycles. The zero-order chi connectivity index (χ0) is 24.8. The van der Waals surface area contributed by atoms with Crippen LogP contribution >= 0.6 is 0 Å². The lowest BCUT2D eigenvalue weighted by Gasteiger charge is -2.27. The number of amides is 2. The number of carbonyl (C=O) groups excluding carboxylic acids is 2. The molecule has 0 radical (unpaired) electrons. The number of imidazole rings is 1. The van der Waals surface area contributed by atoms with Gasteiger partial charge in [0.15, 0.2) is 11.5 Å². The van der Waals surface area contributed by atoms with Crippen LogP contribution in [0.15, 0.2) is 54.7 Å². The Morgan fingerprint density at radius 2 is 1.68 bits per heavy atom. The summed E-state index contributed by atoms with van der Waals surface area (Å²) in [6.45, 7) is 7.38. The van der Waals surface area contributed by atoms with Crippen LogP contribution in [0.5, 0.6) is 11.5 Å². The minimum Gasteiger partial charge on any atom is -0.493 e. The van der Waals surface area contributed by atoms with E-state index >= 15 is 0 Å². The van der Waals surface area contributed by atoms with E-state index in [1.807, 2.05) is 76.4 Å². The van der Waals surface area contributed by atoms with Crippen LogP contribution in [0.3, 0.4) is 0 Å². The summed E-state index contributed by atoms with van der Waals surface area (Å²) < 4.78 is 12.6. The number of hydrogen-bond donors (Lipinski definition) is 1. The average Bonchev–Trinajstić information content (AvgIpc) is 3.25. The highest BCUT2D eigenvalue weighted by molar-refractivity contribution is 5.94. The van der Waals surface area contributed by atoms with Crippen LogP contribution in [0.25, 0.3) is 16.9 Å². The van der Waals surface area contributed by atoms with E-state index in [0.29, 0.717) is 23.1 Å². The molecular formula is C26H32N4O4. The predicted octanol–water partition coefficient (Wildman–Crippen LogP) is 4.39. The Labute approximate surface area is 200 Å². The largest absolute Gasteiger partial charge is 0.493 e. The van der Waals surface area contributed by atoms with E-state index < -0.39 is 0 Å². The first kappa shape index (κ1) is 24.8. The fourth-order valence-electron chi connectivity index (χ4n) is 3.55. The molecule has 1 aromatic heterocycles. The number of carbonyl (C=O) groups is 2. The predicted molar refractivity (Wildman–Crippen MR) is 132 cm³/mol. The minimum absolute atomic E-state index is 0.0614. The molecule has 3 rings (SSSR count). The van der Waals surface area contributed by atoms with Crippen molar-refractivity contribution in [2.45, 2.75) is 33.7 Å². The van der Waals surface area contributed by atoms with Crippen molar-refractivity contribution in [3.8, 4) is 28.4 Å². The first-order chi connectivity index (χ1) is 16.2. The maximum absolute atomic E-state index is 13.0. The normalized spacial score (nSPS) is 10.9. The van der Waals surface area contributed by atoms with Crippen molar-refractivity contribution >= 4 is 17.8 Å². The summed E-state index contributed by atoms with van der Waals surface area (Å²) in [7, 11) is 3.15. The first-order valence-corrected chi connectivity index (χ1v) is 11.2. The van der Waals surface area contributed by atoms with Crippen molar-refractivity contribution in [2.24, 2.45) is 5.92 Å². The number of methoxy groups -OCH3 is 2. The molecule has 2 amide bonds. The van der Waals surface area contributed by atoms with E-state index in [1.165, 1.54) is 0 Å². The van der Waals surface area contributed by atoms with E-state index in [4.69, 9.17) is 9.47 Å². The summed E-state index contributed by atoms with van der Waals surface area (Å²) in [6.07, 6.45) is 1.85. The van der Waals surface area contributed by atoms with Gasteiger partial charge >= 0.3 is 0 Å². The van der Waals surface area contributed by atoms with Crippen molar-refractivity contribution in [1.29, 1.82) is 0 Å². The van der Waals surface area contributed by atoms with Crippen LogP contribution < -0.4 is 14.8 Å². The summed E-state index contributed by atoms with van der Waals surface area (Å²) >= 11 is 0. The SMILES string of the molecule is COc1ccc(-n2cc(-c3ccccc3)nc2NC(=O)CN(C(=O)C(C)C)C(C)C)cc1OC. The molecule has 1 N–H and O–H groups in total. The third kappa shape index (κ3) is 5.57. The van der Waals surface area contributed by atoms with Gasteiger partial charge in [0.2, 0.25) is 17.8 Å². The Hall–Kier alpha value is -3.81. The monoisotopic (exact) mass is 464 g/mol. The van der Waals surface area contributed by atoms with Crippen molar-refractivity contribution in [2.75, 3.05) is 26.1 Å². The summed E-state index contributed by atoms with van der Waals surface area (Å²) in [5.41, 5.74) is 2.35. The topological polar surface area (TPSA) is 85.7 Å². The number of nitrogens with one attached hydrogen (secondary N) is 1. The highest BCUT2D eigenvalue weighted by Crippen LogP contribution is 2.31. The molecule has 0 saturated carbocycles. The van der Waals surface area contributed by atoms with Crippen LogP contribution in [0.4, 0.5) is 5.95 Å². The molecule has 0 aliphatic heterocycles. The number of rotatable bonds is 9. The van der Waals surface area contributed by atoms with Gasteiger partial charge in [0, 0.05) is 29.8 Å². The van der Waals surface area contributed by atoms with E-state index in [-0.39, 0.29) is 30.3 Å². The van der Waals surface area contributed by atoms with E-state index in [2.05, 4.69) is 10.3 Å². The highest BCUT2D eigenvalue weighted by atomic mass is 16.5. The second-order valence-electron chi connectivity index (χ2n) is 8.49. The second-order valence-corrected chi connectivity index (χ2v) is 8.49. The molecule has 0 saturated heterocycles. The number of nitrogens with zero attached hydrogens (tertiary/aromatic N) is 3. The number of hydrogen-bond acceptors (Lipinski definition) is 5. The van der Waals surface area contributed by atoms with Crippen molar-refractivity contribution in [3.63, 3.8) is 0 Å². The molecule has 0 aliphatic rings. The third-order valence-corrected chi connectivity index (χ3v) is 5.39. The first-order valence-electron chi connectivity index (χ1n) is 11.2. The lowest BCUT2D eigenvalue weighted by molar-refractivity contribution is -0.139. The zero-order valence-corrected chi connectivity index (χ0v) is 20.5. The van der Waals surface area contributed by atoms with Gasteiger partial charge in [-0.25, -0.2) is 4.98 Å². The molecule has 0 spiro atoms. The molecular weight excluding hydrogens is 432 g/mol. The lowest BCUT2D eigenvalue weighted by Crippen LogP contribution is -2.44. The number of anilines is 1. The van der Waals surface area contributed by atoms with Gasteiger partial charge in [-0.3, -0.25) is 19.5 Å². The van der Waals surface area contributed by atoms with Gasteiger partial charge in [-0.2, -0.15) is 0 Å². The Kier molecular flexibility index (Phi) is 7.94. The van der Waals surface area contributed by atoms with Crippen LogP contribution in [-0.2, 0) is 9.59 Å². The Balaban J connectivity index is 1.98. The maximum atomic E-state index is 13.0. The smallest absolute Gasteiger partial charge is 0.246 e. The van der Waals surface area contributed by atoms with Crippen molar-refractivity contribution < 1.29 is 19.1 Å². The Morgan fingerprint density at radius 1 is 1.00 bits per heavy atom. The fourth-order valence-corrected chi connectivity index (χ4v) is 3.55. The summed E-state index contributed by atoms with van der Waals surface area (Å²) in [5, 5.41) is 2.89. The highest BCUT2D eigenvalue weighted by Gasteiger charge is 2.24. The van der Waals surface area contributed by atoms with Gasteiger partial charge in [-0.1, -0.05) is 44.2 Å². The molecule has 0 atom stereocenters. The summed E-state index contributed by atoms with van der Waals surface area (Å²) in [5.74, 6) is 0.902. The van der Waals surface area contributed by atoms with Crippen LogP contribution in [0.2, 0.25) is 0 Å². The molecule has 0 aliphatic carbocycles. The lowest BCUT2D eigenvalue weighted by atomic mass is 10.1. The van der Waals surface area contributed by atoms with Gasteiger partial charge in [0.1, 0.15) is 6.54 Å². The zero-order valence-electron chi connectivity index (χ0n) is 20.5. The van der Waals surface area contributed by atoms with Gasteiger partial charge in [-0.05, 0) is 26.0 Å². The summed E-state index contributed by atoms with van der Waals surface area (Å²) in [6, 6.07) is 15.1. The molecule has 3 aromatic rings. The standard InChI is InChI=1S/C26H32N4O4/c1-17(2)25(32)29(18(3)4)16-24(31)28-26-27-21(19-10-8-7-9-11-19)15-30(26)20-12-13-22(33-5)23(14-20)34-6/h7-15,17-18H,16H2,1-6H3,(H,27,28,31). The van der Waals surface area contributed by atoms with Crippen LogP contribution in [0.1, 0.15) is 27.7 Å². The van der Waals surface area contributed by atoms with Gasteiger partial charge in [0.25, 0.3) is 0 Å². The van der Waals surface area contributed by atoms with Crippen LogP contribution in [0, 0.1) is 5.92 Å². The molecule has 0 bridgehead atoms. The van der Waals surface area contributed by atoms with Crippen LogP contribution in [-0.4, -0.2) is 53.1 Å². The number of aromatic nitrogens is 2.